The normalized spacial score (nSPS) is 26.6. The van der Waals surface area contributed by atoms with Gasteiger partial charge in [0.15, 0.2) is 0 Å². The molecule has 4 heteroatoms. The van der Waals surface area contributed by atoms with Gasteiger partial charge in [0.2, 0.25) is 0 Å². The van der Waals surface area contributed by atoms with Crippen molar-refractivity contribution in [2.45, 2.75) is 37.3 Å². The molecule has 1 aromatic carbocycles. The van der Waals surface area contributed by atoms with Crippen LogP contribution in [0.4, 0.5) is 0 Å². The molecule has 0 bridgehead atoms. The van der Waals surface area contributed by atoms with Crippen LogP contribution in [0.15, 0.2) is 42.7 Å². The van der Waals surface area contributed by atoms with Crippen molar-refractivity contribution >= 4 is 0 Å². The molecular weight excluding hydrogens is 250 g/mol. The second-order valence-corrected chi connectivity index (χ2v) is 5.85. The molecule has 0 saturated heterocycles. The Kier molecular flexibility index (Phi) is 3.59. The molecule has 0 aliphatic heterocycles. The molecule has 4 nitrogen and oxygen atoms in total. The van der Waals surface area contributed by atoms with Gasteiger partial charge in [0.25, 0.3) is 0 Å². The third-order valence-corrected chi connectivity index (χ3v) is 4.25. The number of aliphatic hydroxyl groups is 1. The van der Waals surface area contributed by atoms with Gasteiger partial charge in [0.05, 0.1) is 18.8 Å². The van der Waals surface area contributed by atoms with Crippen molar-refractivity contribution < 1.29 is 5.11 Å². The molecule has 20 heavy (non-hydrogen) atoms. The van der Waals surface area contributed by atoms with Crippen LogP contribution < -0.4 is 5.73 Å². The summed E-state index contributed by atoms with van der Waals surface area (Å²) in [6, 6.07) is 10.5. The fraction of sp³-hybridized carbons (Fsp3) is 0.438. The lowest BCUT2D eigenvalue weighted by atomic mass is 9.80. The molecule has 2 atom stereocenters. The van der Waals surface area contributed by atoms with E-state index in [1.165, 1.54) is 5.56 Å². The van der Waals surface area contributed by atoms with Gasteiger partial charge in [-0.25, -0.2) is 0 Å². The number of nitrogens with two attached hydrogens (primary N) is 1. The van der Waals surface area contributed by atoms with Crippen LogP contribution in [-0.2, 0) is 0 Å². The molecule has 3 rings (SSSR count). The second kappa shape index (κ2) is 5.38. The molecule has 1 heterocycles. The standard InChI is InChI=1S/C16H21N3O/c17-16(12-20)8-4-7-15(9-16)19-11-14(10-18-19)13-5-2-1-3-6-13/h1-3,5-6,10-11,15,20H,4,7-9,12,17H2. The summed E-state index contributed by atoms with van der Waals surface area (Å²) in [6.45, 7) is 0.0519. The monoisotopic (exact) mass is 271 g/mol. The highest BCUT2D eigenvalue weighted by Crippen LogP contribution is 2.34. The molecule has 3 N–H and O–H groups in total. The maximum atomic E-state index is 9.44. The molecule has 0 amide bonds. The number of aliphatic hydroxyl groups excluding tert-OH is 1. The average Bonchev–Trinajstić information content (AvgIpc) is 2.98. The number of hydrogen-bond acceptors (Lipinski definition) is 3. The molecule has 1 fully saturated rings. The average molecular weight is 271 g/mol. The highest BCUT2D eigenvalue weighted by atomic mass is 16.3. The van der Waals surface area contributed by atoms with Gasteiger partial charge in [0.1, 0.15) is 0 Å². The Morgan fingerprint density at radius 2 is 2.10 bits per heavy atom. The first-order chi connectivity index (χ1) is 9.70. The second-order valence-electron chi connectivity index (χ2n) is 5.85. The van der Waals surface area contributed by atoms with E-state index < -0.39 is 5.54 Å². The Labute approximate surface area is 119 Å². The lowest BCUT2D eigenvalue weighted by Crippen LogP contribution is -2.47. The lowest BCUT2D eigenvalue weighted by molar-refractivity contribution is 0.127. The quantitative estimate of drug-likeness (QED) is 0.900. The van der Waals surface area contributed by atoms with Crippen LogP contribution >= 0.6 is 0 Å². The summed E-state index contributed by atoms with van der Waals surface area (Å²) >= 11 is 0. The third kappa shape index (κ3) is 2.62. The van der Waals surface area contributed by atoms with E-state index in [1.807, 2.05) is 29.1 Å². The van der Waals surface area contributed by atoms with E-state index in [1.54, 1.807) is 0 Å². The van der Waals surface area contributed by atoms with Gasteiger partial charge in [-0.2, -0.15) is 5.10 Å². The zero-order valence-corrected chi connectivity index (χ0v) is 11.6. The van der Waals surface area contributed by atoms with Crippen LogP contribution in [0.1, 0.15) is 31.7 Å². The smallest absolute Gasteiger partial charge is 0.0612 e. The molecular formula is C16H21N3O. The number of nitrogens with zero attached hydrogens (tertiary/aromatic N) is 2. The summed E-state index contributed by atoms with van der Waals surface area (Å²) in [4.78, 5) is 0. The fourth-order valence-electron chi connectivity index (χ4n) is 3.05. The minimum atomic E-state index is -0.443. The highest BCUT2D eigenvalue weighted by Gasteiger charge is 2.33. The van der Waals surface area contributed by atoms with Gasteiger partial charge in [-0.3, -0.25) is 4.68 Å². The Morgan fingerprint density at radius 3 is 2.85 bits per heavy atom. The van der Waals surface area contributed by atoms with Crippen molar-refractivity contribution in [1.82, 2.24) is 9.78 Å². The number of hydrogen-bond donors (Lipinski definition) is 2. The van der Waals surface area contributed by atoms with E-state index in [9.17, 15) is 5.11 Å². The van der Waals surface area contributed by atoms with Crippen LogP contribution in [-0.4, -0.2) is 27.0 Å². The Morgan fingerprint density at radius 1 is 1.30 bits per heavy atom. The van der Waals surface area contributed by atoms with Gasteiger partial charge < -0.3 is 10.8 Å². The van der Waals surface area contributed by atoms with E-state index >= 15 is 0 Å². The van der Waals surface area contributed by atoms with Gasteiger partial charge in [-0.05, 0) is 31.2 Å². The lowest BCUT2D eigenvalue weighted by Gasteiger charge is -2.36. The summed E-state index contributed by atoms with van der Waals surface area (Å²) in [6.07, 6.45) is 7.80. The molecule has 1 saturated carbocycles. The van der Waals surface area contributed by atoms with Gasteiger partial charge in [-0.1, -0.05) is 30.3 Å². The first kappa shape index (κ1) is 13.3. The third-order valence-electron chi connectivity index (χ3n) is 4.25. The number of aromatic nitrogens is 2. The molecule has 2 aromatic rings. The number of benzene rings is 1. The summed E-state index contributed by atoms with van der Waals surface area (Å²) in [5, 5.41) is 13.9. The summed E-state index contributed by atoms with van der Waals surface area (Å²) in [7, 11) is 0. The molecule has 0 spiro atoms. The topological polar surface area (TPSA) is 64.1 Å². The van der Waals surface area contributed by atoms with Crippen molar-refractivity contribution in [3.05, 3.63) is 42.7 Å². The molecule has 0 radical (unpaired) electrons. The Bertz CT molecular complexity index is 566. The predicted octanol–water partition coefficient (Wildman–Crippen LogP) is 2.35. The van der Waals surface area contributed by atoms with E-state index in [4.69, 9.17) is 5.73 Å². The van der Waals surface area contributed by atoms with Gasteiger partial charge in [0, 0.05) is 17.3 Å². The molecule has 1 aliphatic rings. The van der Waals surface area contributed by atoms with Crippen LogP contribution in [0.3, 0.4) is 0 Å². The van der Waals surface area contributed by atoms with Crippen LogP contribution in [0, 0.1) is 0 Å². The summed E-state index contributed by atoms with van der Waals surface area (Å²) < 4.78 is 2.01. The van der Waals surface area contributed by atoms with Crippen molar-refractivity contribution in [1.29, 1.82) is 0 Å². The maximum Gasteiger partial charge on any atom is 0.0612 e. The summed E-state index contributed by atoms with van der Waals surface area (Å²) in [5.41, 5.74) is 8.07. The maximum absolute atomic E-state index is 9.44. The van der Waals surface area contributed by atoms with Crippen LogP contribution in [0.2, 0.25) is 0 Å². The zero-order chi connectivity index (χ0) is 14.0. The minimum Gasteiger partial charge on any atom is -0.394 e. The SMILES string of the molecule is NC1(CO)CCCC(n2cc(-c3ccccc3)cn2)C1. The van der Waals surface area contributed by atoms with E-state index in [-0.39, 0.29) is 6.61 Å². The molecule has 106 valence electrons. The largest absolute Gasteiger partial charge is 0.394 e. The number of rotatable bonds is 3. The first-order valence-corrected chi connectivity index (χ1v) is 7.19. The highest BCUT2D eigenvalue weighted by molar-refractivity contribution is 5.61. The Hall–Kier alpha value is -1.65. The molecule has 1 aliphatic carbocycles. The van der Waals surface area contributed by atoms with Gasteiger partial charge >= 0.3 is 0 Å². The van der Waals surface area contributed by atoms with E-state index in [0.717, 1.165) is 31.2 Å². The molecule has 1 aromatic heterocycles. The van der Waals surface area contributed by atoms with E-state index in [0.29, 0.717) is 6.04 Å². The minimum absolute atomic E-state index is 0.0519. The zero-order valence-electron chi connectivity index (χ0n) is 11.6. The Balaban J connectivity index is 1.80. The fourth-order valence-corrected chi connectivity index (χ4v) is 3.05. The van der Waals surface area contributed by atoms with Crippen molar-refractivity contribution in [2.75, 3.05) is 6.61 Å². The van der Waals surface area contributed by atoms with Crippen molar-refractivity contribution in [3.8, 4) is 11.1 Å². The first-order valence-electron chi connectivity index (χ1n) is 7.19. The van der Waals surface area contributed by atoms with Crippen molar-refractivity contribution in [2.24, 2.45) is 5.73 Å². The van der Waals surface area contributed by atoms with E-state index in [2.05, 4.69) is 23.4 Å². The summed E-state index contributed by atoms with van der Waals surface area (Å²) in [5.74, 6) is 0. The van der Waals surface area contributed by atoms with Crippen LogP contribution in [0.5, 0.6) is 0 Å². The molecule has 2 unspecified atom stereocenters. The predicted molar refractivity (Wildman–Crippen MR) is 79.2 cm³/mol. The van der Waals surface area contributed by atoms with Crippen molar-refractivity contribution in [3.63, 3.8) is 0 Å². The van der Waals surface area contributed by atoms with Gasteiger partial charge in [-0.15, -0.1) is 0 Å². The van der Waals surface area contributed by atoms with Crippen LogP contribution in [0.25, 0.3) is 11.1 Å².